The molecule has 1 aromatic carbocycles. The van der Waals surface area contributed by atoms with Crippen LogP contribution in [-0.2, 0) is 11.0 Å². The average Bonchev–Trinajstić information content (AvgIpc) is 2.92. The second-order valence-electron chi connectivity index (χ2n) is 6.01. The second-order valence-corrected chi connectivity index (χ2v) is 6.01. The summed E-state index contributed by atoms with van der Waals surface area (Å²) >= 11 is 0. The lowest BCUT2D eigenvalue weighted by atomic mass is 9.83. The van der Waals surface area contributed by atoms with E-state index in [-0.39, 0.29) is 17.5 Å². The van der Waals surface area contributed by atoms with Crippen molar-refractivity contribution < 1.29 is 18.0 Å². The van der Waals surface area contributed by atoms with Gasteiger partial charge in [0.25, 0.3) is 0 Å². The summed E-state index contributed by atoms with van der Waals surface area (Å²) in [6.45, 7) is 0. The van der Waals surface area contributed by atoms with Gasteiger partial charge in [-0.15, -0.1) is 0 Å². The third kappa shape index (κ3) is 3.44. The summed E-state index contributed by atoms with van der Waals surface area (Å²) in [5, 5.41) is 8.59. The quantitative estimate of drug-likeness (QED) is 0.899. The Bertz CT molecular complexity index is 697. The van der Waals surface area contributed by atoms with Gasteiger partial charge in [0.2, 0.25) is 5.91 Å². The maximum Gasteiger partial charge on any atom is 0.433 e. The number of nitrogens with zero attached hydrogens (tertiary/aromatic N) is 1. The monoisotopic (exact) mass is 337 g/mol. The summed E-state index contributed by atoms with van der Waals surface area (Å²) in [5.74, 6) is -0.709. The number of nitrogens with one attached hydrogen (secondary N) is 2. The van der Waals surface area contributed by atoms with Gasteiger partial charge in [-0.2, -0.15) is 18.3 Å². The number of benzene rings is 1. The van der Waals surface area contributed by atoms with Gasteiger partial charge in [-0.25, -0.2) is 0 Å². The van der Waals surface area contributed by atoms with Crippen molar-refractivity contribution in [2.45, 2.75) is 43.8 Å². The van der Waals surface area contributed by atoms with Crippen molar-refractivity contribution in [3.8, 4) is 0 Å². The Hall–Kier alpha value is -2.31. The van der Waals surface area contributed by atoms with Crippen molar-refractivity contribution >= 4 is 5.91 Å². The van der Waals surface area contributed by atoms with Crippen LogP contribution in [-0.4, -0.2) is 22.1 Å². The number of hydrogen-bond donors (Lipinski definition) is 2. The van der Waals surface area contributed by atoms with Crippen molar-refractivity contribution in [1.82, 2.24) is 15.5 Å². The SMILES string of the molecule is O=C1CCCCC(C(c2ccccc2)c2cn[nH]c2C(F)(F)F)N1. The molecule has 1 aromatic heterocycles. The van der Waals surface area contributed by atoms with Crippen LogP contribution in [0.5, 0.6) is 0 Å². The number of carbonyl (C=O) groups is 1. The van der Waals surface area contributed by atoms with E-state index in [0.29, 0.717) is 12.8 Å². The molecule has 0 bridgehead atoms. The van der Waals surface area contributed by atoms with E-state index in [1.165, 1.54) is 6.20 Å². The van der Waals surface area contributed by atoms with Crippen LogP contribution in [0.25, 0.3) is 0 Å². The van der Waals surface area contributed by atoms with Crippen molar-refractivity contribution in [2.24, 2.45) is 0 Å². The number of hydrogen-bond acceptors (Lipinski definition) is 2. The fraction of sp³-hybridized carbons (Fsp3) is 0.412. The molecule has 0 aliphatic carbocycles. The Morgan fingerprint density at radius 1 is 1.17 bits per heavy atom. The zero-order valence-corrected chi connectivity index (χ0v) is 12.9. The highest BCUT2D eigenvalue weighted by molar-refractivity contribution is 5.76. The van der Waals surface area contributed by atoms with Crippen LogP contribution in [0, 0.1) is 0 Å². The number of carbonyl (C=O) groups excluding carboxylic acids is 1. The first-order chi connectivity index (χ1) is 11.5. The van der Waals surface area contributed by atoms with E-state index in [1.807, 2.05) is 6.07 Å². The minimum absolute atomic E-state index is 0.0703. The third-order valence-electron chi connectivity index (χ3n) is 4.36. The molecular formula is C17H18F3N3O. The summed E-state index contributed by atoms with van der Waals surface area (Å²) in [4.78, 5) is 11.9. The Morgan fingerprint density at radius 2 is 1.92 bits per heavy atom. The van der Waals surface area contributed by atoms with Crippen LogP contribution in [0.3, 0.4) is 0 Å². The molecule has 1 amide bonds. The zero-order chi connectivity index (χ0) is 17.2. The first-order valence-corrected chi connectivity index (χ1v) is 7.91. The predicted molar refractivity (Wildman–Crippen MR) is 82.3 cm³/mol. The van der Waals surface area contributed by atoms with Crippen LogP contribution in [0.4, 0.5) is 13.2 Å². The number of H-pyrrole nitrogens is 1. The minimum atomic E-state index is -4.52. The highest BCUT2D eigenvalue weighted by Gasteiger charge is 2.40. The van der Waals surface area contributed by atoms with Gasteiger partial charge in [-0.1, -0.05) is 36.8 Å². The topological polar surface area (TPSA) is 57.8 Å². The second kappa shape index (κ2) is 6.67. The van der Waals surface area contributed by atoms with Gasteiger partial charge in [-0.05, 0) is 18.4 Å². The van der Waals surface area contributed by atoms with E-state index in [1.54, 1.807) is 24.3 Å². The summed E-state index contributed by atoms with van der Waals surface area (Å²) in [6, 6.07) is 8.57. The molecule has 0 saturated carbocycles. The molecule has 7 heteroatoms. The molecule has 2 unspecified atom stereocenters. The third-order valence-corrected chi connectivity index (χ3v) is 4.36. The van der Waals surface area contributed by atoms with Crippen molar-refractivity contribution in [3.05, 3.63) is 53.3 Å². The van der Waals surface area contributed by atoms with Crippen molar-refractivity contribution in [3.63, 3.8) is 0 Å². The summed E-state index contributed by atoms with van der Waals surface area (Å²) in [6.07, 6.45) is -0.707. The summed E-state index contributed by atoms with van der Waals surface area (Å²) in [5.41, 5.74) is -0.0488. The molecule has 3 rings (SSSR count). The van der Waals surface area contributed by atoms with Gasteiger partial charge in [0.1, 0.15) is 5.69 Å². The zero-order valence-electron chi connectivity index (χ0n) is 12.9. The molecule has 0 spiro atoms. The van der Waals surface area contributed by atoms with Crippen LogP contribution in [0.15, 0.2) is 36.5 Å². The number of rotatable bonds is 3. The first kappa shape index (κ1) is 16.5. The predicted octanol–water partition coefficient (Wildman–Crippen LogP) is 3.62. The fourth-order valence-corrected chi connectivity index (χ4v) is 3.30. The molecule has 1 aliphatic rings. The van der Waals surface area contributed by atoms with Gasteiger partial charge >= 0.3 is 6.18 Å². The van der Waals surface area contributed by atoms with E-state index in [4.69, 9.17) is 0 Å². The molecule has 2 N–H and O–H groups in total. The summed E-state index contributed by atoms with van der Waals surface area (Å²) < 4.78 is 40.0. The maximum absolute atomic E-state index is 13.3. The molecule has 2 heterocycles. The molecule has 1 saturated heterocycles. The number of amides is 1. The van der Waals surface area contributed by atoms with E-state index in [0.717, 1.165) is 18.4 Å². The standard InChI is InChI=1S/C17H18F3N3O/c18-17(19,20)16-12(10-21-23-16)15(11-6-2-1-3-7-11)13-8-4-5-9-14(24)22-13/h1-3,6-7,10,13,15H,4-5,8-9H2,(H,21,23)(H,22,24). The van der Waals surface area contributed by atoms with Crippen LogP contribution >= 0.6 is 0 Å². The highest BCUT2D eigenvalue weighted by atomic mass is 19.4. The molecule has 0 radical (unpaired) electrons. The normalized spacial score (nSPS) is 20.3. The van der Waals surface area contributed by atoms with Crippen LogP contribution in [0.1, 0.15) is 48.4 Å². The summed E-state index contributed by atoms with van der Waals surface area (Å²) in [7, 11) is 0. The molecular weight excluding hydrogens is 319 g/mol. The Balaban J connectivity index is 2.06. The van der Waals surface area contributed by atoms with Crippen LogP contribution < -0.4 is 5.32 Å². The molecule has 2 atom stereocenters. The number of aromatic amines is 1. The molecule has 1 fully saturated rings. The van der Waals surface area contributed by atoms with E-state index in [9.17, 15) is 18.0 Å². The lowest BCUT2D eigenvalue weighted by Crippen LogP contribution is -2.38. The average molecular weight is 337 g/mol. The Labute approximate surface area is 137 Å². The smallest absolute Gasteiger partial charge is 0.352 e. The Morgan fingerprint density at radius 3 is 2.62 bits per heavy atom. The number of halogens is 3. The largest absolute Gasteiger partial charge is 0.433 e. The molecule has 128 valence electrons. The van der Waals surface area contributed by atoms with Gasteiger partial charge in [0.05, 0.1) is 6.20 Å². The first-order valence-electron chi connectivity index (χ1n) is 7.91. The molecule has 1 aliphatic heterocycles. The minimum Gasteiger partial charge on any atom is -0.352 e. The fourth-order valence-electron chi connectivity index (χ4n) is 3.30. The lowest BCUT2D eigenvalue weighted by Gasteiger charge is -2.28. The molecule has 2 aromatic rings. The lowest BCUT2D eigenvalue weighted by molar-refractivity contribution is -0.141. The van der Waals surface area contributed by atoms with E-state index < -0.39 is 17.8 Å². The Kier molecular flexibility index (Phi) is 4.59. The van der Waals surface area contributed by atoms with Crippen molar-refractivity contribution in [1.29, 1.82) is 0 Å². The number of alkyl halides is 3. The maximum atomic E-state index is 13.3. The van der Waals surface area contributed by atoms with Crippen molar-refractivity contribution in [2.75, 3.05) is 0 Å². The van der Waals surface area contributed by atoms with Gasteiger partial charge in [0.15, 0.2) is 0 Å². The highest BCUT2D eigenvalue weighted by Crippen LogP contribution is 2.39. The van der Waals surface area contributed by atoms with Gasteiger partial charge in [0, 0.05) is 23.9 Å². The molecule has 24 heavy (non-hydrogen) atoms. The number of aromatic nitrogens is 2. The van der Waals surface area contributed by atoms with Gasteiger partial charge in [-0.3, -0.25) is 9.89 Å². The molecule has 4 nitrogen and oxygen atoms in total. The van der Waals surface area contributed by atoms with E-state index in [2.05, 4.69) is 15.5 Å². The van der Waals surface area contributed by atoms with Crippen LogP contribution in [0.2, 0.25) is 0 Å². The van der Waals surface area contributed by atoms with Gasteiger partial charge < -0.3 is 5.32 Å². The van der Waals surface area contributed by atoms with E-state index >= 15 is 0 Å².